The third kappa shape index (κ3) is 4.55. The van der Waals surface area contributed by atoms with Crippen LogP contribution in [0.4, 0.5) is 0 Å². The van der Waals surface area contributed by atoms with Crippen LogP contribution in [0.25, 0.3) is 0 Å². The van der Waals surface area contributed by atoms with Gasteiger partial charge >= 0.3 is 0 Å². The van der Waals surface area contributed by atoms with Crippen molar-refractivity contribution in [2.24, 2.45) is 0 Å². The molecular formula is C12H16N4O2S. The average molecular weight is 280 g/mol. The molecule has 0 amide bonds. The maximum absolute atomic E-state index is 5.57. The summed E-state index contributed by atoms with van der Waals surface area (Å²) < 4.78 is 10.5. The molecule has 0 aliphatic heterocycles. The molecular weight excluding hydrogens is 264 g/mol. The van der Waals surface area contributed by atoms with Crippen LogP contribution in [0.2, 0.25) is 0 Å². The second kappa shape index (κ2) is 7.13. The lowest BCUT2D eigenvalue weighted by Crippen LogP contribution is -2.18. The fraction of sp³-hybridized carbons (Fsp3) is 0.417. The van der Waals surface area contributed by atoms with Crippen LogP contribution in [0.5, 0.6) is 10.9 Å². The molecule has 0 saturated carbocycles. The molecule has 0 aliphatic rings. The van der Waals surface area contributed by atoms with Gasteiger partial charge in [-0.25, -0.2) is 0 Å². The van der Waals surface area contributed by atoms with E-state index in [0.717, 1.165) is 17.2 Å². The number of nitrogens with one attached hydrogen (secondary N) is 1. The molecule has 1 N–H and O–H groups in total. The molecule has 2 aromatic heterocycles. The van der Waals surface area contributed by atoms with Crippen molar-refractivity contribution in [3.8, 4) is 10.9 Å². The quantitative estimate of drug-likeness (QED) is 0.780. The number of methoxy groups -OCH3 is 1. The molecule has 102 valence electrons. The van der Waals surface area contributed by atoms with Crippen molar-refractivity contribution in [3.05, 3.63) is 29.0 Å². The van der Waals surface area contributed by atoms with Crippen LogP contribution in [0.15, 0.2) is 18.3 Å². The van der Waals surface area contributed by atoms with Crippen molar-refractivity contribution >= 4 is 11.3 Å². The molecule has 6 nitrogen and oxygen atoms in total. The fourth-order valence-corrected chi connectivity index (χ4v) is 2.01. The smallest absolute Gasteiger partial charge is 0.299 e. The van der Waals surface area contributed by atoms with Gasteiger partial charge in [0, 0.05) is 25.9 Å². The number of rotatable bonds is 7. The summed E-state index contributed by atoms with van der Waals surface area (Å²) >= 11 is 1.41. The van der Waals surface area contributed by atoms with Gasteiger partial charge in [-0.05, 0) is 19.1 Å². The summed E-state index contributed by atoms with van der Waals surface area (Å²) in [5.74, 6) is 0.667. The van der Waals surface area contributed by atoms with Crippen molar-refractivity contribution in [1.82, 2.24) is 20.5 Å². The van der Waals surface area contributed by atoms with Gasteiger partial charge in [-0.15, -0.1) is 5.10 Å². The second-order valence-electron chi connectivity index (χ2n) is 3.87. The Kier molecular flexibility index (Phi) is 5.20. The predicted molar refractivity (Wildman–Crippen MR) is 72.5 cm³/mol. The molecule has 0 aliphatic carbocycles. The minimum Gasteiger partial charge on any atom is -0.428 e. The molecule has 2 rings (SSSR count). The Morgan fingerprint density at radius 3 is 2.95 bits per heavy atom. The van der Waals surface area contributed by atoms with Crippen LogP contribution < -0.4 is 10.1 Å². The van der Waals surface area contributed by atoms with Crippen LogP contribution in [-0.2, 0) is 11.3 Å². The van der Waals surface area contributed by atoms with E-state index in [4.69, 9.17) is 9.47 Å². The van der Waals surface area contributed by atoms with Crippen molar-refractivity contribution in [1.29, 1.82) is 0 Å². The Labute approximate surface area is 115 Å². The molecule has 0 spiro atoms. The van der Waals surface area contributed by atoms with Gasteiger partial charge in [-0.1, -0.05) is 16.4 Å². The molecule has 0 atom stereocenters. The third-order valence-corrected chi connectivity index (χ3v) is 3.10. The Balaban J connectivity index is 1.85. The van der Waals surface area contributed by atoms with Gasteiger partial charge in [0.2, 0.25) is 0 Å². The van der Waals surface area contributed by atoms with E-state index >= 15 is 0 Å². The molecule has 7 heteroatoms. The minimum atomic E-state index is 0.522. The lowest BCUT2D eigenvalue weighted by atomic mass is 10.4. The highest BCUT2D eigenvalue weighted by atomic mass is 32.1. The molecule has 19 heavy (non-hydrogen) atoms. The van der Waals surface area contributed by atoms with Gasteiger partial charge in [0.25, 0.3) is 5.19 Å². The average Bonchev–Trinajstić information content (AvgIpc) is 2.85. The zero-order chi connectivity index (χ0) is 13.5. The Bertz CT molecular complexity index is 501. The molecule has 0 unspecified atom stereocenters. The minimum absolute atomic E-state index is 0.522. The maximum Gasteiger partial charge on any atom is 0.299 e. The highest BCUT2D eigenvalue weighted by molar-refractivity contribution is 7.13. The molecule has 0 aromatic carbocycles. The Morgan fingerprint density at radius 1 is 1.32 bits per heavy atom. The van der Waals surface area contributed by atoms with Gasteiger partial charge in [-0.3, -0.25) is 4.98 Å². The number of hydrogen-bond donors (Lipinski definition) is 1. The van der Waals surface area contributed by atoms with Gasteiger partial charge in [0.05, 0.1) is 12.8 Å². The first-order valence-electron chi connectivity index (χ1n) is 5.90. The van der Waals surface area contributed by atoms with E-state index in [9.17, 15) is 0 Å². The van der Waals surface area contributed by atoms with Crippen molar-refractivity contribution in [3.63, 3.8) is 0 Å². The van der Waals surface area contributed by atoms with E-state index in [1.54, 1.807) is 13.3 Å². The van der Waals surface area contributed by atoms with Crippen LogP contribution in [0, 0.1) is 6.92 Å². The highest BCUT2D eigenvalue weighted by Crippen LogP contribution is 2.24. The first-order valence-corrected chi connectivity index (χ1v) is 6.72. The van der Waals surface area contributed by atoms with E-state index < -0.39 is 0 Å². The summed E-state index contributed by atoms with van der Waals surface area (Å²) in [7, 11) is 1.67. The van der Waals surface area contributed by atoms with Gasteiger partial charge in [0.1, 0.15) is 10.8 Å². The van der Waals surface area contributed by atoms with E-state index in [0.29, 0.717) is 24.1 Å². The van der Waals surface area contributed by atoms with Crippen LogP contribution in [-0.4, -0.2) is 35.4 Å². The molecule has 0 fully saturated rings. The lowest BCUT2D eigenvalue weighted by molar-refractivity contribution is 0.199. The van der Waals surface area contributed by atoms with Gasteiger partial charge in [0.15, 0.2) is 0 Å². The van der Waals surface area contributed by atoms with Crippen LogP contribution in [0.3, 0.4) is 0 Å². The number of ether oxygens (including phenoxy) is 2. The van der Waals surface area contributed by atoms with Crippen molar-refractivity contribution in [2.75, 3.05) is 20.3 Å². The second-order valence-corrected chi connectivity index (χ2v) is 4.89. The molecule has 0 radical (unpaired) electrons. The standard InChI is InChI=1S/C12H16N4O2S/c1-9-3-4-10(7-14-9)18-12-16-15-11(19-12)8-13-5-6-17-2/h3-4,7,13H,5-6,8H2,1-2H3. The summed E-state index contributed by atoms with van der Waals surface area (Å²) in [6.07, 6.45) is 1.67. The number of nitrogens with zero attached hydrogens (tertiary/aromatic N) is 3. The summed E-state index contributed by atoms with van der Waals surface area (Å²) in [5.41, 5.74) is 0.952. The third-order valence-electron chi connectivity index (χ3n) is 2.30. The topological polar surface area (TPSA) is 69.2 Å². The van der Waals surface area contributed by atoms with Crippen molar-refractivity contribution in [2.45, 2.75) is 13.5 Å². The Hall–Kier alpha value is -1.57. The number of aryl methyl sites for hydroxylation is 1. The monoisotopic (exact) mass is 280 g/mol. The largest absolute Gasteiger partial charge is 0.428 e. The predicted octanol–water partition coefficient (Wildman–Crippen LogP) is 1.77. The number of aromatic nitrogens is 3. The van der Waals surface area contributed by atoms with E-state index in [1.165, 1.54) is 11.3 Å². The summed E-state index contributed by atoms with van der Waals surface area (Å²) in [5, 5.41) is 12.6. The first-order chi connectivity index (χ1) is 9.28. The molecule has 2 aromatic rings. The van der Waals surface area contributed by atoms with E-state index in [2.05, 4.69) is 20.5 Å². The zero-order valence-corrected chi connectivity index (χ0v) is 11.7. The zero-order valence-electron chi connectivity index (χ0n) is 10.9. The summed E-state index contributed by atoms with van der Waals surface area (Å²) in [6.45, 7) is 4.06. The van der Waals surface area contributed by atoms with Crippen molar-refractivity contribution < 1.29 is 9.47 Å². The fourth-order valence-electron chi connectivity index (χ4n) is 1.34. The van der Waals surface area contributed by atoms with Crippen LogP contribution in [0.1, 0.15) is 10.7 Å². The van der Waals surface area contributed by atoms with Gasteiger partial charge < -0.3 is 14.8 Å². The summed E-state index contributed by atoms with van der Waals surface area (Å²) in [4.78, 5) is 4.16. The molecule has 0 bridgehead atoms. The van der Waals surface area contributed by atoms with Gasteiger partial charge in [-0.2, -0.15) is 0 Å². The Morgan fingerprint density at radius 2 is 2.21 bits per heavy atom. The first kappa shape index (κ1) is 13.9. The van der Waals surface area contributed by atoms with E-state index in [-0.39, 0.29) is 0 Å². The SMILES string of the molecule is COCCNCc1nnc(Oc2ccc(C)nc2)s1. The normalized spacial score (nSPS) is 10.6. The lowest BCUT2D eigenvalue weighted by Gasteiger charge is -2.00. The number of hydrogen-bond acceptors (Lipinski definition) is 7. The van der Waals surface area contributed by atoms with Crippen LogP contribution >= 0.6 is 11.3 Å². The molecule has 2 heterocycles. The number of pyridine rings is 1. The molecule has 0 saturated heterocycles. The van der Waals surface area contributed by atoms with E-state index in [1.807, 2.05) is 19.1 Å². The highest BCUT2D eigenvalue weighted by Gasteiger charge is 2.06. The summed E-state index contributed by atoms with van der Waals surface area (Å²) in [6, 6.07) is 3.75. The maximum atomic E-state index is 5.57.